The zero-order chi connectivity index (χ0) is 20.0. The summed E-state index contributed by atoms with van der Waals surface area (Å²) in [6.07, 6.45) is 6.22. The maximum atomic E-state index is 13.4. The van der Waals surface area contributed by atoms with Gasteiger partial charge in [-0.25, -0.2) is 0 Å². The van der Waals surface area contributed by atoms with Gasteiger partial charge < -0.3 is 14.8 Å². The predicted octanol–water partition coefficient (Wildman–Crippen LogP) is 5.71. The fraction of sp³-hybridized carbons (Fsp3) is 0.458. The number of hydrogen-bond donors (Lipinski definition) is 1. The molecule has 0 aliphatic heterocycles. The zero-order valence-electron chi connectivity index (χ0n) is 17.2. The van der Waals surface area contributed by atoms with Crippen LogP contribution in [0.1, 0.15) is 57.9 Å². The lowest BCUT2D eigenvalue weighted by molar-refractivity contribution is -0.122. The summed E-state index contributed by atoms with van der Waals surface area (Å²) in [5, 5.41) is 3.15. The first-order valence-corrected chi connectivity index (χ1v) is 10.3. The lowest BCUT2D eigenvalue weighted by Gasteiger charge is -2.36. The molecule has 1 aliphatic rings. The van der Waals surface area contributed by atoms with E-state index in [0.717, 1.165) is 54.9 Å². The summed E-state index contributed by atoms with van der Waals surface area (Å²) < 4.78 is 11.1. The first kappa shape index (κ1) is 20.2. The maximum Gasteiger partial charge on any atom is 0.235 e. The number of benzene rings is 2. The van der Waals surface area contributed by atoms with Crippen molar-refractivity contribution in [1.29, 1.82) is 0 Å². The van der Waals surface area contributed by atoms with Gasteiger partial charge in [-0.15, -0.1) is 0 Å². The Bertz CT molecular complexity index is 761. The minimum atomic E-state index is -0.476. The molecule has 4 nitrogen and oxygen atoms in total. The minimum absolute atomic E-state index is 0.0768. The Morgan fingerprint density at radius 2 is 1.61 bits per heavy atom. The molecule has 1 atom stereocenters. The lowest BCUT2D eigenvalue weighted by Crippen LogP contribution is -2.42. The Labute approximate surface area is 168 Å². The number of amides is 1. The van der Waals surface area contributed by atoms with Crippen LogP contribution in [-0.4, -0.2) is 19.1 Å². The van der Waals surface area contributed by atoms with Crippen LogP contribution in [-0.2, 0) is 10.2 Å². The van der Waals surface area contributed by atoms with Gasteiger partial charge in [0, 0.05) is 5.69 Å². The highest BCUT2D eigenvalue weighted by Crippen LogP contribution is 2.41. The van der Waals surface area contributed by atoms with Gasteiger partial charge >= 0.3 is 0 Å². The fourth-order valence-electron chi connectivity index (χ4n) is 3.90. The van der Waals surface area contributed by atoms with Crippen molar-refractivity contribution in [2.75, 3.05) is 12.4 Å². The smallest absolute Gasteiger partial charge is 0.235 e. The Hall–Kier alpha value is -2.49. The predicted molar refractivity (Wildman–Crippen MR) is 113 cm³/mol. The van der Waals surface area contributed by atoms with E-state index in [9.17, 15) is 4.79 Å². The van der Waals surface area contributed by atoms with Crippen LogP contribution in [0, 0.1) is 0 Å². The first-order chi connectivity index (χ1) is 13.6. The van der Waals surface area contributed by atoms with Crippen molar-refractivity contribution in [2.24, 2.45) is 0 Å². The Kier molecular flexibility index (Phi) is 6.61. The second kappa shape index (κ2) is 9.13. The SMILES string of the molecule is CC[C@H](C)Oc1ccc(NC(=O)C2(c3ccc(OC)cc3)CCCCC2)cc1. The van der Waals surface area contributed by atoms with E-state index in [0.29, 0.717) is 0 Å². The third kappa shape index (κ3) is 4.49. The molecule has 0 spiro atoms. The Balaban J connectivity index is 1.78. The molecule has 0 heterocycles. The van der Waals surface area contributed by atoms with E-state index in [4.69, 9.17) is 9.47 Å². The van der Waals surface area contributed by atoms with E-state index in [1.54, 1.807) is 7.11 Å². The van der Waals surface area contributed by atoms with Gasteiger partial charge in [-0.3, -0.25) is 4.79 Å². The van der Waals surface area contributed by atoms with Crippen LogP contribution in [0.25, 0.3) is 0 Å². The summed E-state index contributed by atoms with van der Waals surface area (Å²) in [6, 6.07) is 15.6. The number of rotatable bonds is 7. The minimum Gasteiger partial charge on any atom is -0.497 e. The number of hydrogen-bond acceptors (Lipinski definition) is 3. The second-order valence-electron chi connectivity index (χ2n) is 7.69. The third-order valence-electron chi connectivity index (χ3n) is 5.81. The Morgan fingerprint density at radius 1 is 1.00 bits per heavy atom. The van der Waals surface area contributed by atoms with Gasteiger partial charge in [0.15, 0.2) is 0 Å². The molecular formula is C24H31NO3. The summed E-state index contributed by atoms with van der Waals surface area (Å²) >= 11 is 0. The highest BCUT2D eigenvalue weighted by atomic mass is 16.5. The van der Waals surface area contributed by atoms with Crippen LogP contribution < -0.4 is 14.8 Å². The van der Waals surface area contributed by atoms with Crippen molar-refractivity contribution in [3.05, 3.63) is 54.1 Å². The summed E-state index contributed by atoms with van der Waals surface area (Å²) in [7, 11) is 1.66. The molecule has 1 aliphatic carbocycles. The summed E-state index contributed by atoms with van der Waals surface area (Å²) in [5.41, 5.74) is 1.40. The number of methoxy groups -OCH3 is 1. The van der Waals surface area contributed by atoms with Crippen LogP contribution in [0.5, 0.6) is 11.5 Å². The van der Waals surface area contributed by atoms with Crippen LogP contribution in [0.4, 0.5) is 5.69 Å². The van der Waals surface area contributed by atoms with Crippen LogP contribution in [0.2, 0.25) is 0 Å². The maximum absolute atomic E-state index is 13.4. The monoisotopic (exact) mass is 381 g/mol. The standard InChI is InChI=1S/C24H31NO3/c1-4-18(2)28-22-14-10-20(11-15-22)25-23(26)24(16-6-5-7-17-24)19-8-12-21(27-3)13-9-19/h8-15,18H,4-7,16-17H2,1-3H3,(H,25,26)/t18-/m0/s1. The summed E-state index contributed by atoms with van der Waals surface area (Å²) in [4.78, 5) is 13.4. The molecule has 0 unspecified atom stereocenters. The average molecular weight is 382 g/mol. The topological polar surface area (TPSA) is 47.6 Å². The quantitative estimate of drug-likeness (QED) is 0.668. The van der Waals surface area contributed by atoms with Gasteiger partial charge in [-0.2, -0.15) is 0 Å². The van der Waals surface area contributed by atoms with Crippen LogP contribution in [0.15, 0.2) is 48.5 Å². The fourth-order valence-corrected chi connectivity index (χ4v) is 3.90. The molecule has 28 heavy (non-hydrogen) atoms. The molecule has 4 heteroatoms. The molecule has 3 rings (SSSR count). The molecular weight excluding hydrogens is 350 g/mol. The molecule has 0 aromatic heterocycles. The summed E-state index contributed by atoms with van der Waals surface area (Å²) in [5.74, 6) is 1.72. The molecule has 1 saturated carbocycles. The van der Waals surface area contributed by atoms with E-state index in [2.05, 4.69) is 19.2 Å². The molecule has 2 aromatic carbocycles. The highest BCUT2D eigenvalue weighted by Gasteiger charge is 2.41. The molecule has 0 radical (unpaired) electrons. The molecule has 1 fully saturated rings. The van der Waals surface area contributed by atoms with Gasteiger partial charge in [-0.05, 0) is 68.1 Å². The number of anilines is 1. The zero-order valence-corrected chi connectivity index (χ0v) is 17.2. The van der Waals surface area contributed by atoms with E-state index in [1.165, 1.54) is 6.42 Å². The van der Waals surface area contributed by atoms with Gasteiger partial charge in [0.25, 0.3) is 0 Å². The van der Waals surface area contributed by atoms with E-state index >= 15 is 0 Å². The highest BCUT2D eigenvalue weighted by molar-refractivity contribution is 5.99. The van der Waals surface area contributed by atoms with E-state index in [1.807, 2.05) is 48.5 Å². The van der Waals surface area contributed by atoms with Crippen LogP contribution >= 0.6 is 0 Å². The largest absolute Gasteiger partial charge is 0.497 e. The van der Waals surface area contributed by atoms with Crippen molar-refractivity contribution >= 4 is 11.6 Å². The Morgan fingerprint density at radius 3 is 2.18 bits per heavy atom. The molecule has 150 valence electrons. The second-order valence-corrected chi connectivity index (χ2v) is 7.69. The van der Waals surface area contributed by atoms with Gasteiger partial charge in [0.2, 0.25) is 5.91 Å². The van der Waals surface area contributed by atoms with E-state index < -0.39 is 5.41 Å². The first-order valence-electron chi connectivity index (χ1n) is 10.3. The number of carbonyl (C=O) groups is 1. The van der Waals surface area contributed by atoms with Crippen LogP contribution in [0.3, 0.4) is 0 Å². The van der Waals surface area contributed by atoms with Gasteiger partial charge in [0.05, 0.1) is 18.6 Å². The van der Waals surface area contributed by atoms with Gasteiger partial charge in [-0.1, -0.05) is 38.3 Å². The molecule has 0 saturated heterocycles. The number of ether oxygens (including phenoxy) is 2. The van der Waals surface area contributed by atoms with Crippen molar-refractivity contribution in [3.8, 4) is 11.5 Å². The molecule has 2 aromatic rings. The van der Waals surface area contributed by atoms with E-state index in [-0.39, 0.29) is 12.0 Å². The van der Waals surface area contributed by atoms with Crippen molar-refractivity contribution in [1.82, 2.24) is 0 Å². The van der Waals surface area contributed by atoms with Crippen molar-refractivity contribution < 1.29 is 14.3 Å². The summed E-state index contributed by atoms with van der Waals surface area (Å²) in [6.45, 7) is 4.15. The number of carbonyl (C=O) groups excluding carboxylic acids is 1. The van der Waals surface area contributed by atoms with Gasteiger partial charge in [0.1, 0.15) is 11.5 Å². The van der Waals surface area contributed by atoms with Crippen molar-refractivity contribution in [3.63, 3.8) is 0 Å². The molecule has 0 bridgehead atoms. The number of nitrogens with one attached hydrogen (secondary N) is 1. The average Bonchev–Trinajstić information content (AvgIpc) is 2.75. The third-order valence-corrected chi connectivity index (χ3v) is 5.81. The normalized spacial score (nSPS) is 16.8. The molecule has 1 amide bonds. The molecule has 1 N–H and O–H groups in total. The van der Waals surface area contributed by atoms with Crippen molar-refractivity contribution in [2.45, 2.75) is 63.9 Å². The lowest BCUT2D eigenvalue weighted by atomic mass is 9.68.